The number of fused-ring (bicyclic) bond motifs is 1. The van der Waals surface area contributed by atoms with Crippen molar-refractivity contribution in [2.45, 2.75) is 51.0 Å². The van der Waals surface area contributed by atoms with Crippen LogP contribution in [0.25, 0.3) is 10.9 Å². The van der Waals surface area contributed by atoms with Crippen molar-refractivity contribution < 1.29 is 18.5 Å². The number of nitrogens with zero attached hydrogens (tertiary/aromatic N) is 1. The van der Waals surface area contributed by atoms with Crippen LogP contribution in [-0.4, -0.2) is 27.7 Å². The predicted molar refractivity (Wildman–Crippen MR) is 156 cm³/mol. The van der Waals surface area contributed by atoms with E-state index in [2.05, 4.69) is 28.5 Å². The minimum absolute atomic E-state index is 0.0116. The smallest absolute Gasteiger partial charge is 0.263 e. The molecule has 0 aliphatic heterocycles. The van der Waals surface area contributed by atoms with Gasteiger partial charge in [0.25, 0.3) is 5.91 Å². The molecule has 0 saturated carbocycles. The zero-order valence-corrected chi connectivity index (χ0v) is 23.4. The standard InChI is InChI=1S/C31H35N3O4S/c1-4-6-10-22(5-2)30(35)32-26-16-15-23-17-18-34(28(23)20-26)21-25-14-13-24(19-29(25)38-3)31(36)33-39(37)27-11-8-7-9-12-27/h7-9,11-20,22H,4-6,10,21H2,1-3H3,(H,32,35)(H,33,36). The fourth-order valence-corrected chi connectivity index (χ4v) is 5.37. The lowest BCUT2D eigenvalue weighted by atomic mass is 9.98. The van der Waals surface area contributed by atoms with Crippen LogP contribution in [0.15, 0.2) is 83.9 Å². The summed E-state index contributed by atoms with van der Waals surface area (Å²) in [5.74, 6) is 0.184. The topological polar surface area (TPSA) is 89.4 Å². The molecule has 2 atom stereocenters. The number of carbonyl (C=O) groups excluding carboxylic acids is 2. The molecular weight excluding hydrogens is 510 g/mol. The maximum Gasteiger partial charge on any atom is 0.263 e. The van der Waals surface area contributed by atoms with Crippen molar-refractivity contribution in [3.05, 3.63) is 90.1 Å². The largest absolute Gasteiger partial charge is 0.496 e. The van der Waals surface area contributed by atoms with Gasteiger partial charge in [0.1, 0.15) is 5.75 Å². The number of aromatic nitrogens is 1. The minimum Gasteiger partial charge on any atom is -0.496 e. The number of anilines is 1. The highest BCUT2D eigenvalue weighted by molar-refractivity contribution is 7.83. The van der Waals surface area contributed by atoms with Gasteiger partial charge in [-0.15, -0.1) is 0 Å². The molecule has 2 unspecified atom stereocenters. The van der Waals surface area contributed by atoms with E-state index in [1.807, 2.05) is 42.6 Å². The van der Waals surface area contributed by atoms with E-state index in [1.54, 1.807) is 43.5 Å². The van der Waals surface area contributed by atoms with Crippen LogP contribution >= 0.6 is 0 Å². The molecule has 0 aliphatic rings. The third-order valence-electron chi connectivity index (χ3n) is 6.84. The van der Waals surface area contributed by atoms with Crippen molar-refractivity contribution in [2.24, 2.45) is 5.92 Å². The second-order valence-electron chi connectivity index (χ2n) is 9.49. The van der Waals surface area contributed by atoms with E-state index in [0.29, 0.717) is 22.8 Å². The van der Waals surface area contributed by atoms with Gasteiger partial charge >= 0.3 is 0 Å². The number of nitrogens with one attached hydrogen (secondary N) is 2. The van der Waals surface area contributed by atoms with Gasteiger partial charge in [-0.25, -0.2) is 4.21 Å². The second kappa shape index (κ2) is 13.2. The molecule has 0 aliphatic carbocycles. The molecule has 0 spiro atoms. The van der Waals surface area contributed by atoms with Gasteiger partial charge in [-0.2, -0.15) is 0 Å². The molecule has 0 bridgehead atoms. The van der Waals surface area contributed by atoms with E-state index in [1.165, 1.54) is 0 Å². The number of hydrogen-bond donors (Lipinski definition) is 2. The Kier molecular flexibility index (Phi) is 9.54. The molecule has 0 radical (unpaired) electrons. The molecule has 2 amide bonds. The molecule has 1 heterocycles. The summed E-state index contributed by atoms with van der Waals surface area (Å²) in [6.45, 7) is 4.70. The number of unbranched alkanes of at least 4 members (excludes halogenated alkanes) is 1. The summed E-state index contributed by atoms with van der Waals surface area (Å²) >= 11 is 0. The zero-order chi connectivity index (χ0) is 27.8. The van der Waals surface area contributed by atoms with Crippen LogP contribution < -0.4 is 14.8 Å². The average molecular weight is 546 g/mol. The number of hydrogen-bond acceptors (Lipinski definition) is 4. The van der Waals surface area contributed by atoms with Crippen LogP contribution in [0.2, 0.25) is 0 Å². The lowest BCUT2D eigenvalue weighted by Crippen LogP contribution is -2.25. The Labute approximate surface area is 232 Å². The third-order valence-corrected chi connectivity index (χ3v) is 7.91. The summed E-state index contributed by atoms with van der Waals surface area (Å²) < 4.78 is 22.7. The maximum atomic E-state index is 12.8. The highest BCUT2D eigenvalue weighted by Crippen LogP contribution is 2.26. The molecule has 204 valence electrons. The SMILES string of the molecule is CCCCC(CC)C(=O)Nc1ccc2ccn(Cc3ccc(C(=O)NS(=O)c4ccccc4)cc3OC)c2c1. The van der Waals surface area contributed by atoms with Crippen molar-refractivity contribution in [3.8, 4) is 5.75 Å². The van der Waals surface area contributed by atoms with Gasteiger partial charge in [0.2, 0.25) is 5.91 Å². The molecule has 8 heteroatoms. The number of amides is 2. The van der Waals surface area contributed by atoms with Crippen LogP contribution in [0, 0.1) is 5.92 Å². The van der Waals surface area contributed by atoms with Crippen LogP contribution in [0.4, 0.5) is 5.69 Å². The lowest BCUT2D eigenvalue weighted by molar-refractivity contribution is -0.120. The summed E-state index contributed by atoms with van der Waals surface area (Å²) in [6, 6.07) is 21.9. The Morgan fingerprint density at radius 2 is 1.79 bits per heavy atom. The van der Waals surface area contributed by atoms with Crippen molar-refractivity contribution >= 4 is 39.4 Å². The van der Waals surface area contributed by atoms with Gasteiger partial charge in [-0.3, -0.25) is 14.3 Å². The summed E-state index contributed by atoms with van der Waals surface area (Å²) in [5.41, 5.74) is 3.00. The van der Waals surface area contributed by atoms with Gasteiger partial charge in [0.05, 0.1) is 24.1 Å². The molecule has 1 aromatic heterocycles. The number of benzene rings is 3. The summed E-state index contributed by atoms with van der Waals surface area (Å²) in [5, 5.41) is 4.16. The van der Waals surface area contributed by atoms with E-state index in [9.17, 15) is 13.8 Å². The quantitative estimate of drug-likeness (QED) is 0.218. The van der Waals surface area contributed by atoms with E-state index >= 15 is 0 Å². The van der Waals surface area contributed by atoms with Crippen molar-refractivity contribution in [3.63, 3.8) is 0 Å². The third kappa shape index (κ3) is 6.95. The zero-order valence-electron chi connectivity index (χ0n) is 22.6. The fraction of sp³-hybridized carbons (Fsp3) is 0.290. The van der Waals surface area contributed by atoms with Crippen molar-refractivity contribution in [2.75, 3.05) is 12.4 Å². The molecule has 2 N–H and O–H groups in total. The summed E-state index contributed by atoms with van der Waals surface area (Å²) in [4.78, 5) is 26.1. The van der Waals surface area contributed by atoms with Gasteiger partial charge in [0.15, 0.2) is 11.0 Å². The van der Waals surface area contributed by atoms with E-state index in [0.717, 1.165) is 47.8 Å². The van der Waals surface area contributed by atoms with E-state index in [-0.39, 0.29) is 11.8 Å². The Hall–Kier alpha value is -3.91. The van der Waals surface area contributed by atoms with Crippen molar-refractivity contribution in [1.29, 1.82) is 0 Å². The first-order valence-corrected chi connectivity index (χ1v) is 14.4. The average Bonchev–Trinajstić information content (AvgIpc) is 3.35. The molecule has 3 aromatic carbocycles. The molecule has 7 nitrogen and oxygen atoms in total. The van der Waals surface area contributed by atoms with Crippen molar-refractivity contribution in [1.82, 2.24) is 9.29 Å². The summed E-state index contributed by atoms with van der Waals surface area (Å²) in [6.07, 6.45) is 5.83. The van der Waals surface area contributed by atoms with Gasteiger partial charge in [-0.05, 0) is 60.7 Å². The summed E-state index contributed by atoms with van der Waals surface area (Å²) in [7, 11) is -0.0945. The maximum absolute atomic E-state index is 12.8. The molecule has 39 heavy (non-hydrogen) atoms. The number of rotatable bonds is 12. The normalized spacial score (nSPS) is 12.6. The number of carbonyl (C=O) groups is 2. The molecular formula is C31H35N3O4S. The van der Waals surface area contributed by atoms with Gasteiger partial charge in [0, 0.05) is 28.9 Å². The lowest BCUT2D eigenvalue weighted by Gasteiger charge is -2.15. The molecule has 4 rings (SSSR count). The number of ether oxygens (including phenoxy) is 1. The van der Waals surface area contributed by atoms with Crippen LogP contribution in [0.3, 0.4) is 0 Å². The second-order valence-corrected chi connectivity index (χ2v) is 10.7. The van der Waals surface area contributed by atoms with Crippen LogP contribution in [0.5, 0.6) is 5.75 Å². The Balaban J connectivity index is 1.50. The molecule has 0 fully saturated rings. The first-order chi connectivity index (χ1) is 18.9. The Bertz CT molecular complexity index is 1470. The first-order valence-electron chi connectivity index (χ1n) is 13.3. The molecule has 0 saturated heterocycles. The first kappa shape index (κ1) is 28.1. The highest BCUT2D eigenvalue weighted by Gasteiger charge is 2.17. The van der Waals surface area contributed by atoms with Gasteiger partial charge in [-0.1, -0.05) is 57.0 Å². The highest BCUT2D eigenvalue weighted by atomic mass is 32.2. The monoisotopic (exact) mass is 545 g/mol. The van der Waals surface area contributed by atoms with Crippen LogP contribution in [-0.2, 0) is 22.3 Å². The molecule has 4 aromatic rings. The van der Waals surface area contributed by atoms with E-state index in [4.69, 9.17) is 4.74 Å². The van der Waals surface area contributed by atoms with E-state index < -0.39 is 16.9 Å². The number of methoxy groups -OCH3 is 1. The Morgan fingerprint density at radius 1 is 1.00 bits per heavy atom. The van der Waals surface area contributed by atoms with Gasteiger partial charge < -0.3 is 14.6 Å². The predicted octanol–water partition coefficient (Wildman–Crippen LogP) is 6.31. The fourth-order valence-electron chi connectivity index (χ4n) is 4.56. The Morgan fingerprint density at radius 3 is 2.51 bits per heavy atom. The minimum atomic E-state index is -1.66. The van der Waals surface area contributed by atoms with Crippen LogP contribution in [0.1, 0.15) is 55.5 Å².